The van der Waals surface area contributed by atoms with Crippen LogP contribution in [0.3, 0.4) is 0 Å². The summed E-state index contributed by atoms with van der Waals surface area (Å²) < 4.78 is 5.59. The third kappa shape index (κ3) is 2.91. The quantitative estimate of drug-likeness (QED) is 0.692. The van der Waals surface area contributed by atoms with Gasteiger partial charge < -0.3 is 4.74 Å². The van der Waals surface area contributed by atoms with E-state index in [0.29, 0.717) is 11.8 Å². The number of hydrogen-bond acceptors (Lipinski definition) is 1. The molecule has 1 rings (SSSR count). The molecule has 0 spiro atoms. The van der Waals surface area contributed by atoms with E-state index in [-0.39, 0.29) is 0 Å². The average molecular weight is 241 g/mol. The molecule has 0 amide bonds. The lowest BCUT2D eigenvalue weighted by Gasteiger charge is -2.17. The van der Waals surface area contributed by atoms with Crippen LogP contribution in [-0.4, -0.2) is 12.5 Å². The smallest absolute Gasteiger partial charge is 0.122 e. The van der Waals surface area contributed by atoms with E-state index in [9.17, 15) is 0 Å². The van der Waals surface area contributed by atoms with Crippen molar-refractivity contribution >= 4 is 11.6 Å². The molecule has 0 N–H and O–H groups in total. The summed E-state index contributed by atoms with van der Waals surface area (Å²) >= 11 is 5.79. The third-order valence-electron chi connectivity index (χ3n) is 3.15. The maximum atomic E-state index is 5.79. The van der Waals surface area contributed by atoms with Gasteiger partial charge in [0.1, 0.15) is 5.75 Å². The second-order valence-corrected chi connectivity index (χ2v) is 4.59. The summed E-state index contributed by atoms with van der Waals surface area (Å²) in [7, 11) is 0. The fourth-order valence-corrected chi connectivity index (χ4v) is 2.31. The number of halogens is 1. The van der Waals surface area contributed by atoms with Gasteiger partial charge in [0.25, 0.3) is 0 Å². The van der Waals surface area contributed by atoms with Crippen molar-refractivity contribution in [3.63, 3.8) is 0 Å². The summed E-state index contributed by atoms with van der Waals surface area (Å²) in [5.74, 6) is 2.24. The van der Waals surface area contributed by atoms with Crippen LogP contribution in [-0.2, 0) is 0 Å². The van der Waals surface area contributed by atoms with Crippen LogP contribution in [0.2, 0.25) is 0 Å². The van der Waals surface area contributed by atoms with Gasteiger partial charge in [0, 0.05) is 5.88 Å². The van der Waals surface area contributed by atoms with Crippen molar-refractivity contribution in [2.45, 2.75) is 40.0 Å². The predicted molar refractivity (Wildman–Crippen MR) is 70.8 cm³/mol. The Hall–Kier alpha value is -0.690. The fraction of sp³-hybridized carbons (Fsp3) is 0.571. The summed E-state index contributed by atoms with van der Waals surface area (Å²) in [4.78, 5) is 0. The van der Waals surface area contributed by atoms with Crippen LogP contribution in [0.5, 0.6) is 5.75 Å². The molecule has 0 radical (unpaired) electrons. The van der Waals surface area contributed by atoms with Gasteiger partial charge in [-0.15, -0.1) is 11.6 Å². The Morgan fingerprint density at radius 3 is 2.50 bits per heavy atom. The van der Waals surface area contributed by atoms with Crippen LogP contribution in [0.4, 0.5) is 0 Å². The molecule has 1 nitrogen and oxygen atoms in total. The topological polar surface area (TPSA) is 9.23 Å². The Morgan fingerprint density at radius 2 is 1.94 bits per heavy atom. The molecule has 1 unspecified atom stereocenters. The van der Waals surface area contributed by atoms with Gasteiger partial charge in [0.2, 0.25) is 0 Å². The van der Waals surface area contributed by atoms with Crippen molar-refractivity contribution < 1.29 is 4.74 Å². The number of rotatable bonds is 5. The standard InChI is InChI=1S/C14H21ClO/c1-5-16-14-7-6-13(10(2)8-9-15)11(3)12(14)4/h6-7,10H,5,8-9H2,1-4H3. The van der Waals surface area contributed by atoms with Crippen molar-refractivity contribution in [2.24, 2.45) is 0 Å². The maximum Gasteiger partial charge on any atom is 0.122 e. The van der Waals surface area contributed by atoms with E-state index in [2.05, 4.69) is 32.9 Å². The Morgan fingerprint density at radius 1 is 1.25 bits per heavy atom. The van der Waals surface area contributed by atoms with E-state index in [1.807, 2.05) is 6.92 Å². The molecular weight excluding hydrogens is 220 g/mol. The molecule has 2 heteroatoms. The van der Waals surface area contributed by atoms with Crippen molar-refractivity contribution in [2.75, 3.05) is 12.5 Å². The van der Waals surface area contributed by atoms with Crippen molar-refractivity contribution in [3.8, 4) is 5.75 Å². The van der Waals surface area contributed by atoms with Crippen LogP contribution < -0.4 is 4.74 Å². The second-order valence-electron chi connectivity index (χ2n) is 4.21. The summed E-state index contributed by atoms with van der Waals surface area (Å²) in [6.07, 6.45) is 1.02. The average Bonchev–Trinajstić information content (AvgIpc) is 2.25. The third-order valence-corrected chi connectivity index (χ3v) is 3.37. The summed E-state index contributed by atoms with van der Waals surface area (Å²) in [5.41, 5.74) is 3.98. The zero-order valence-electron chi connectivity index (χ0n) is 10.6. The molecule has 0 fully saturated rings. The van der Waals surface area contributed by atoms with Crippen LogP contribution >= 0.6 is 11.6 Å². The number of ether oxygens (including phenoxy) is 1. The Labute approximate surface area is 104 Å². The predicted octanol–water partition coefficient (Wildman–Crippen LogP) is 4.43. The first kappa shape index (κ1) is 13.4. The van der Waals surface area contributed by atoms with Gasteiger partial charge in [-0.3, -0.25) is 0 Å². The highest BCUT2D eigenvalue weighted by Gasteiger charge is 2.12. The number of hydrogen-bond donors (Lipinski definition) is 0. The van der Waals surface area contributed by atoms with E-state index in [1.165, 1.54) is 16.7 Å². The van der Waals surface area contributed by atoms with E-state index in [1.54, 1.807) is 0 Å². The number of alkyl halides is 1. The van der Waals surface area contributed by atoms with Gasteiger partial charge >= 0.3 is 0 Å². The molecule has 0 aliphatic heterocycles. The molecule has 0 aromatic heterocycles. The van der Waals surface area contributed by atoms with Gasteiger partial charge in [0.05, 0.1) is 6.61 Å². The van der Waals surface area contributed by atoms with E-state index in [4.69, 9.17) is 16.3 Å². The molecule has 0 saturated carbocycles. The highest BCUT2D eigenvalue weighted by Crippen LogP contribution is 2.30. The molecule has 0 bridgehead atoms. The molecule has 0 heterocycles. The van der Waals surface area contributed by atoms with Crippen molar-refractivity contribution in [1.82, 2.24) is 0 Å². The molecule has 0 saturated heterocycles. The SMILES string of the molecule is CCOc1ccc(C(C)CCCl)c(C)c1C. The monoisotopic (exact) mass is 240 g/mol. The minimum Gasteiger partial charge on any atom is -0.494 e. The van der Waals surface area contributed by atoms with Crippen LogP contribution in [0.1, 0.15) is 42.9 Å². The lowest BCUT2D eigenvalue weighted by molar-refractivity contribution is 0.337. The molecule has 1 aromatic carbocycles. The Kier molecular flexibility index (Phi) is 5.14. The molecule has 0 aliphatic rings. The molecular formula is C14H21ClO. The summed E-state index contributed by atoms with van der Waals surface area (Å²) in [5, 5.41) is 0. The highest BCUT2D eigenvalue weighted by atomic mass is 35.5. The molecule has 16 heavy (non-hydrogen) atoms. The minimum atomic E-state index is 0.520. The zero-order valence-corrected chi connectivity index (χ0v) is 11.4. The van der Waals surface area contributed by atoms with Gasteiger partial charge in [-0.25, -0.2) is 0 Å². The van der Waals surface area contributed by atoms with Crippen molar-refractivity contribution in [1.29, 1.82) is 0 Å². The summed E-state index contributed by atoms with van der Waals surface area (Å²) in [6.45, 7) is 9.25. The van der Waals surface area contributed by atoms with Crippen LogP contribution in [0, 0.1) is 13.8 Å². The lowest BCUT2D eigenvalue weighted by atomic mass is 9.91. The maximum absolute atomic E-state index is 5.79. The van der Waals surface area contributed by atoms with Crippen LogP contribution in [0.15, 0.2) is 12.1 Å². The second kappa shape index (κ2) is 6.15. The van der Waals surface area contributed by atoms with E-state index in [0.717, 1.165) is 18.8 Å². The Balaban J connectivity index is 3.01. The first-order valence-electron chi connectivity index (χ1n) is 5.90. The van der Waals surface area contributed by atoms with E-state index < -0.39 is 0 Å². The van der Waals surface area contributed by atoms with Gasteiger partial charge in [0.15, 0.2) is 0 Å². The minimum absolute atomic E-state index is 0.520. The molecule has 1 aromatic rings. The fourth-order valence-electron chi connectivity index (χ4n) is 1.98. The van der Waals surface area contributed by atoms with Gasteiger partial charge in [-0.1, -0.05) is 13.0 Å². The normalized spacial score (nSPS) is 12.6. The lowest BCUT2D eigenvalue weighted by Crippen LogP contribution is -2.02. The van der Waals surface area contributed by atoms with E-state index >= 15 is 0 Å². The van der Waals surface area contributed by atoms with Crippen LogP contribution in [0.25, 0.3) is 0 Å². The molecule has 90 valence electrons. The largest absolute Gasteiger partial charge is 0.494 e. The molecule has 0 aliphatic carbocycles. The first-order valence-corrected chi connectivity index (χ1v) is 6.44. The van der Waals surface area contributed by atoms with Gasteiger partial charge in [-0.2, -0.15) is 0 Å². The summed E-state index contributed by atoms with van der Waals surface area (Å²) in [6, 6.07) is 4.25. The number of benzene rings is 1. The van der Waals surface area contributed by atoms with Gasteiger partial charge in [-0.05, 0) is 55.9 Å². The zero-order chi connectivity index (χ0) is 12.1. The highest BCUT2D eigenvalue weighted by molar-refractivity contribution is 6.17. The first-order chi connectivity index (χ1) is 7.61. The Bertz CT molecular complexity index is 347. The molecule has 1 atom stereocenters. The van der Waals surface area contributed by atoms with Crippen molar-refractivity contribution in [3.05, 3.63) is 28.8 Å².